The van der Waals surface area contributed by atoms with Crippen molar-refractivity contribution in [1.82, 2.24) is 5.32 Å². The number of amides is 1. The summed E-state index contributed by atoms with van der Waals surface area (Å²) in [5.41, 5.74) is 0. The minimum Gasteiger partial charge on any atom is -0.463 e. The lowest BCUT2D eigenvalue weighted by atomic mass is 10.3. The number of hydrogen-bond acceptors (Lipinski definition) is 5. The van der Waals surface area contributed by atoms with Crippen molar-refractivity contribution in [2.45, 2.75) is 11.7 Å². The largest absolute Gasteiger partial charge is 0.463 e. The Kier molecular flexibility index (Phi) is 3.77. The Morgan fingerprint density at radius 1 is 1.65 bits per heavy atom. The number of carbonyl (C=O) groups excluding carboxylic acids is 1. The summed E-state index contributed by atoms with van der Waals surface area (Å²) in [5.74, 6) is 0.563. The monoisotopic (exact) mass is 249 g/mol. The lowest BCUT2D eigenvalue weighted by Gasteiger charge is -1.96. The van der Waals surface area contributed by atoms with Crippen LogP contribution >= 0.6 is 11.8 Å². The molecular formula is C11H11N3O2S. The Labute approximate surface area is 103 Å². The summed E-state index contributed by atoms with van der Waals surface area (Å²) in [6.07, 6.45) is 5.38. The Morgan fingerprint density at radius 2 is 2.53 bits per heavy atom. The first kappa shape index (κ1) is 11.7. The van der Waals surface area contributed by atoms with Crippen LogP contribution in [0.15, 0.2) is 45.7 Å². The van der Waals surface area contributed by atoms with Crippen LogP contribution in [0, 0.1) is 0 Å². The number of carbonyl (C=O) groups is 1. The quantitative estimate of drug-likeness (QED) is 0.502. The number of nitrogens with one attached hydrogen (secondary N) is 1. The number of hydrogen-bond donors (Lipinski definition) is 1. The fourth-order valence-electron chi connectivity index (χ4n) is 1.26. The van der Waals surface area contributed by atoms with Gasteiger partial charge in [-0.25, -0.2) is 0 Å². The molecular weight excluding hydrogens is 238 g/mol. The zero-order chi connectivity index (χ0) is 12.1. The molecule has 1 amide bonds. The Hall–Kier alpha value is -1.82. The van der Waals surface area contributed by atoms with Crippen LogP contribution in [-0.2, 0) is 4.79 Å². The molecule has 1 fully saturated rings. The summed E-state index contributed by atoms with van der Waals surface area (Å²) in [5, 5.41) is 10.7. The van der Waals surface area contributed by atoms with E-state index >= 15 is 0 Å². The molecule has 2 rings (SSSR count). The lowest BCUT2D eigenvalue weighted by Crippen LogP contribution is -2.24. The van der Waals surface area contributed by atoms with Crippen molar-refractivity contribution in [2.75, 3.05) is 0 Å². The van der Waals surface area contributed by atoms with E-state index in [2.05, 4.69) is 22.1 Å². The van der Waals surface area contributed by atoms with E-state index in [1.54, 1.807) is 24.5 Å². The summed E-state index contributed by atoms with van der Waals surface area (Å²) >= 11 is 1.35. The number of amidine groups is 1. The van der Waals surface area contributed by atoms with E-state index in [0.29, 0.717) is 17.3 Å². The van der Waals surface area contributed by atoms with Crippen LogP contribution in [0.3, 0.4) is 0 Å². The molecule has 0 aromatic carbocycles. The van der Waals surface area contributed by atoms with E-state index in [-0.39, 0.29) is 11.2 Å². The lowest BCUT2D eigenvalue weighted by molar-refractivity contribution is -0.118. The summed E-state index contributed by atoms with van der Waals surface area (Å²) in [7, 11) is 0. The molecule has 0 aliphatic carbocycles. The second-order valence-corrected chi connectivity index (χ2v) is 4.48. The van der Waals surface area contributed by atoms with E-state index < -0.39 is 0 Å². The molecule has 2 heterocycles. The van der Waals surface area contributed by atoms with Crippen molar-refractivity contribution >= 4 is 29.1 Å². The Bertz CT molecular complexity index is 465. The predicted octanol–water partition coefficient (Wildman–Crippen LogP) is 1.78. The van der Waals surface area contributed by atoms with Gasteiger partial charge in [0.15, 0.2) is 5.17 Å². The number of nitrogens with zero attached hydrogens (tertiary/aromatic N) is 2. The van der Waals surface area contributed by atoms with E-state index in [4.69, 9.17) is 4.42 Å². The highest BCUT2D eigenvalue weighted by atomic mass is 32.2. The molecule has 1 atom stereocenters. The fourth-order valence-corrected chi connectivity index (χ4v) is 2.18. The molecule has 1 N–H and O–H groups in total. The van der Waals surface area contributed by atoms with E-state index in [0.717, 1.165) is 0 Å². The highest BCUT2D eigenvalue weighted by Gasteiger charge is 2.28. The second kappa shape index (κ2) is 5.49. The maximum absolute atomic E-state index is 11.4. The van der Waals surface area contributed by atoms with Crippen molar-refractivity contribution in [2.24, 2.45) is 10.2 Å². The fraction of sp³-hybridized carbons (Fsp3) is 0.182. The highest BCUT2D eigenvalue weighted by Crippen LogP contribution is 2.22. The minimum atomic E-state index is -0.148. The van der Waals surface area contributed by atoms with Gasteiger partial charge in [-0.1, -0.05) is 17.8 Å². The van der Waals surface area contributed by atoms with Gasteiger partial charge in [-0.15, -0.1) is 11.7 Å². The van der Waals surface area contributed by atoms with Crippen molar-refractivity contribution in [1.29, 1.82) is 0 Å². The van der Waals surface area contributed by atoms with Gasteiger partial charge in [0.2, 0.25) is 5.91 Å². The third kappa shape index (κ3) is 3.07. The molecule has 6 heteroatoms. The molecule has 88 valence electrons. The summed E-state index contributed by atoms with van der Waals surface area (Å²) in [6, 6.07) is 3.53. The molecule has 1 aliphatic rings. The van der Waals surface area contributed by atoms with Crippen LogP contribution in [0.5, 0.6) is 0 Å². The molecule has 17 heavy (non-hydrogen) atoms. The molecule has 0 saturated carbocycles. The van der Waals surface area contributed by atoms with Crippen LogP contribution in [0.1, 0.15) is 12.2 Å². The predicted molar refractivity (Wildman–Crippen MR) is 68.1 cm³/mol. The minimum absolute atomic E-state index is 0.0538. The van der Waals surface area contributed by atoms with E-state index in [1.165, 1.54) is 18.0 Å². The van der Waals surface area contributed by atoms with E-state index in [1.807, 2.05) is 0 Å². The first-order valence-electron chi connectivity index (χ1n) is 5.02. The molecule has 0 spiro atoms. The average molecular weight is 249 g/mol. The number of furan rings is 1. The Morgan fingerprint density at radius 3 is 3.24 bits per heavy atom. The van der Waals surface area contributed by atoms with Gasteiger partial charge in [0.1, 0.15) is 5.76 Å². The number of allylic oxidation sites excluding steroid dienone is 1. The van der Waals surface area contributed by atoms with Gasteiger partial charge in [-0.2, -0.15) is 5.10 Å². The molecule has 0 radical (unpaired) electrons. The van der Waals surface area contributed by atoms with Crippen molar-refractivity contribution < 1.29 is 9.21 Å². The van der Waals surface area contributed by atoms with Crippen LogP contribution < -0.4 is 5.32 Å². The smallest absolute Gasteiger partial charge is 0.239 e. The summed E-state index contributed by atoms with van der Waals surface area (Å²) in [4.78, 5) is 11.4. The Balaban J connectivity index is 1.95. The van der Waals surface area contributed by atoms with Crippen LogP contribution in [0.4, 0.5) is 0 Å². The average Bonchev–Trinajstić information content (AvgIpc) is 2.91. The first-order chi connectivity index (χ1) is 8.29. The third-order valence-corrected chi connectivity index (χ3v) is 3.13. The van der Waals surface area contributed by atoms with Crippen LogP contribution in [0.2, 0.25) is 0 Å². The van der Waals surface area contributed by atoms with Crippen LogP contribution in [-0.4, -0.2) is 22.5 Å². The van der Waals surface area contributed by atoms with Crippen molar-refractivity contribution in [3.05, 3.63) is 36.8 Å². The molecule has 0 bridgehead atoms. The number of thioether (sulfide) groups is 1. The van der Waals surface area contributed by atoms with E-state index in [9.17, 15) is 4.79 Å². The number of rotatable bonds is 4. The highest BCUT2D eigenvalue weighted by molar-refractivity contribution is 8.15. The molecule has 1 aliphatic heterocycles. The summed E-state index contributed by atoms with van der Waals surface area (Å²) in [6.45, 7) is 3.60. The molecule has 5 nitrogen and oxygen atoms in total. The first-order valence-corrected chi connectivity index (χ1v) is 5.90. The van der Waals surface area contributed by atoms with Gasteiger partial charge in [0.05, 0.1) is 17.7 Å². The normalized spacial score (nSPS) is 22.2. The van der Waals surface area contributed by atoms with Gasteiger partial charge in [-0.05, 0) is 18.6 Å². The van der Waals surface area contributed by atoms with Gasteiger partial charge in [0, 0.05) is 0 Å². The zero-order valence-electron chi connectivity index (χ0n) is 9.00. The maximum Gasteiger partial charge on any atom is 0.239 e. The van der Waals surface area contributed by atoms with Crippen molar-refractivity contribution in [3.63, 3.8) is 0 Å². The van der Waals surface area contributed by atoms with Gasteiger partial charge in [0.25, 0.3) is 0 Å². The summed E-state index contributed by atoms with van der Waals surface area (Å²) < 4.78 is 5.05. The molecule has 1 aromatic rings. The van der Waals surface area contributed by atoms with Gasteiger partial charge < -0.3 is 9.73 Å². The van der Waals surface area contributed by atoms with Crippen LogP contribution in [0.25, 0.3) is 0 Å². The topological polar surface area (TPSA) is 67.0 Å². The SMILES string of the molecule is C=CCC1SC(=N/N=C/c2ccco2)NC1=O. The third-order valence-electron chi connectivity index (χ3n) is 2.03. The van der Waals surface area contributed by atoms with Gasteiger partial charge in [-0.3, -0.25) is 4.79 Å². The molecule has 1 aromatic heterocycles. The maximum atomic E-state index is 11.4. The standard InChI is InChI=1S/C11H11N3O2S/c1-2-4-9-10(15)13-11(17-9)14-12-7-8-5-3-6-16-8/h2-3,5-7,9H,1,4H2,(H,13,14,15)/b12-7+. The van der Waals surface area contributed by atoms with Gasteiger partial charge >= 0.3 is 0 Å². The molecule has 1 unspecified atom stereocenters. The van der Waals surface area contributed by atoms with Crippen molar-refractivity contribution in [3.8, 4) is 0 Å². The molecule has 1 saturated heterocycles. The second-order valence-electron chi connectivity index (χ2n) is 3.29. The zero-order valence-corrected chi connectivity index (χ0v) is 9.81.